The van der Waals surface area contributed by atoms with E-state index in [0.717, 1.165) is 117 Å². The van der Waals surface area contributed by atoms with Gasteiger partial charge in [-0.1, -0.05) is 148 Å². The third-order valence-electron chi connectivity index (χ3n) is 26.5. The Hall–Kier alpha value is -8.02. The number of ether oxygens (including phenoxy) is 9. The Kier molecular flexibility index (Phi) is 41.3. The predicted octanol–water partition coefficient (Wildman–Crippen LogP) is 13.6. The van der Waals surface area contributed by atoms with Crippen molar-refractivity contribution < 1.29 is 120 Å². The molecule has 4 saturated carbocycles. The molecule has 2 aromatic carbocycles. The monoisotopic (exact) mass is 2210 g/mol. The Morgan fingerprint density at radius 3 is 1.21 bits per heavy atom. The summed E-state index contributed by atoms with van der Waals surface area (Å²) in [6.45, 7) is 18.6. The molecule has 8 aliphatic rings. The fourth-order valence-electron chi connectivity index (χ4n) is 18.9. The first-order valence-electron chi connectivity index (χ1n) is 48.7. The van der Waals surface area contributed by atoms with E-state index in [4.69, 9.17) is 119 Å². The van der Waals surface area contributed by atoms with Crippen LogP contribution in [0.15, 0.2) is 85.5 Å². The molecule has 802 valence electrons. The third kappa shape index (κ3) is 29.9. The molecule has 8 aromatic heterocycles. The van der Waals surface area contributed by atoms with Gasteiger partial charge in [0.05, 0.1) is 113 Å². The SMILES string of the molecule is CCN(CC)CC.CC[C@H]1O[C@@H](c2cnc3c(NC4CCCC4)nc(C(=O)OC)nn23)C(OCc2ccccc2)[C@@H]1C.CC[C@H]1O[C@@H](c2cnc3c(NC4CCCC4)nc(Cl)nn23)C(OCc2ccccc2)[C@@H]1C.COC(=O)c1nc(NC2CCCC2)c2ncc([C@@H]3O[C@H](CO)[C@@H](O)[C@H]3O)n2n1.NC(=O)c1nc(OC2CCCC2)c2ncc([C@@H]3O[C@H](COP(=O)(O)CP(=O)(O)O)[C@@H](O)[C@H]3O)n2n1.O=P(Cl)(Cl)CP(=O)(Cl)Cl. The van der Waals surface area contributed by atoms with Crippen LogP contribution in [0.2, 0.25) is 5.28 Å². The minimum atomic E-state index is -4.85. The van der Waals surface area contributed by atoms with Crippen molar-refractivity contribution in [3.8, 4) is 5.88 Å². The first-order chi connectivity index (χ1) is 69.6. The number of halogens is 5. The van der Waals surface area contributed by atoms with Crippen LogP contribution < -0.4 is 26.4 Å². The zero-order valence-corrected chi connectivity index (χ0v) is 89.5. The lowest BCUT2D eigenvalue weighted by Gasteiger charge is -2.22. The molecular weight excluding hydrogens is 2090 g/mol. The number of hydrogen-bond donors (Lipinski definition) is 12. The number of hydrogen-bond acceptors (Lipinski definition) is 38. The minimum Gasteiger partial charge on any atom is -0.472 e. The smallest absolute Gasteiger partial charge is 0.377 e. The Morgan fingerprint density at radius 1 is 0.479 bits per heavy atom. The molecule has 12 heterocycles. The topological polar surface area (TPSA) is 611 Å². The number of aromatic nitrogens is 16. The van der Waals surface area contributed by atoms with Crippen LogP contribution in [0.25, 0.3) is 22.6 Å². The molecule has 55 heteroatoms. The largest absolute Gasteiger partial charge is 0.472 e. The number of carbonyl (C=O) groups is 3. The van der Waals surface area contributed by atoms with E-state index in [1.165, 1.54) is 76.4 Å². The maximum absolute atomic E-state index is 12.4. The highest BCUT2D eigenvalue weighted by molar-refractivity contribution is 8.21. The zero-order chi connectivity index (χ0) is 105. The van der Waals surface area contributed by atoms with Gasteiger partial charge in [0.15, 0.2) is 40.3 Å². The van der Waals surface area contributed by atoms with Crippen LogP contribution in [-0.2, 0) is 73.9 Å². The first kappa shape index (κ1) is 115. The second-order valence-corrected chi connectivity index (χ2v) is 52.0. The Balaban J connectivity index is 0.000000155. The van der Waals surface area contributed by atoms with Crippen LogP contribution in [-0.4, -0.2) is 285 Å². The normalized spacial score (nSPS) is 25.0. The van der Waals surface area contributed by atoms with Gasteiger partial charge in [0, 0.05) is 30.0 Å². The summed E-state index contributed by atoms with van der Waals surface area (Å²) in [4.78, 5) is 101. The van der Waals surface area contributed by atoms with Gasteiger partial charge in [-0.05, 0) is 164 Å². The molecule has 18 rings (SSSR count). The minimum absolute atomic E-state index is 0.0125. The highest BCUT2D eigenvalue weighted by atomic mass is 35.9. The van der Waals surface area contributed by atoms with Gasteiger partial charge in [-0.3, -0.25) is 23.1 Å². The molecule has 1 amide bonds. The summed E-state index contributed by atoms with van der Waals surface area (Å²) in [5.74, 6) is -9.45. The van der Waals surface area contributed by atoms with Crippen LogP contribution in [0.4, 0.5) is 17.5 Å². The molecule has 10 aromatic rings. The van der Waals surface area contributed by atoms with Crippen LogP contribution in [0.1, 0.15) is 254 Å². The number of rotatable bonds is 34. The number of methoxy groups -OCH3 is 2. The van der Waals surface area contributed by atoms with Crippen molar-refractivity contribution in [1.29, 1.82) is 0 Å². The number of carbonyl (C=O) groups excluding carboxylic acids is 3. The van der Waals surface area contributed by atoms with Crippen molar-refractivity contribution >= 4 is 141 Å². The number of amides is 1. The molecule has 3 unspecified atom stereocenters. The molecule has 4 aliphatic heterocycles. The van der Waals surface area contributed by atoms with Gasteiger partial charge < -0.3 is 114 Å². The number of nitrogens with zero attached hydrogens (tertiary/aromatic N) is 17. The molecule has 0 bridgehead atoms. The number of nitrogens with one attached hydrogen (secondary N) is 3. The van der Waals surface area contributed by atoms with E-state index in [2.05, 4.69) is 154 Å². The maximum atomic E-state index is 12.4. The third-order valence-corrected chi connectivity index (χ3v) is 36.6. The number of primary amides is 1. The van der Waals surface area contributed by atoms with Crippen LogP contribution in [0, 0.1) is 11.8 Å². The summed E-state index contributed by atoms with van der Waals surface area (Å²) in [6.07, 6.45) is 13.9. The van der Waals surface area contributed by atoms with Gasteiger partial charge >= 0.3 is 27.1 Å². The number of aliphatic hydroxyl groups is 5. The first-order valence-corrected chi connectivity index (χ1v) is 60.1. The van der Waals surface area contributed by atoms with Crippen LogP contribution in [0.3, 0.4) is 0 Å². The highest BCUT2D eigenvalue weighted by Crippen LogP contribution is 2.72. The van der Waals surface area contributed by atoms with Gasteiger partial charge in [-0.25, -0.2) is 47.6 Å². The van der Waals surface area contributed by atoms with E-state index < -0.39 is 119 Å². The molecule has 146 heavy (non-hydrogen) atoms. The highest BCUT2D eigenvalue weighted by Gasteiger charge is 2.50. The Labute approximate surface area is 866 Å². The van der Waals surface area contributed by atoms with Gasteiger partial charge in [0.1, 0.15) is 73.0 Å². The number of benzene rings is 2. The summed E-state index contributed by atoms with van der Waals surface area (Å²) < 4.78 is 107. The number of fused-ring (bicyclic) bond motifs is 4. The predicted molar refractivity (Wildman–Crippen MR) is 540 cm³/mol. The molecule has 13 N–H and O–H groups in total. The molecule has 4 saturated heterocycles. The lowest BCUT2D eigenvalue weighted by atomic mass is 9.95. The van der Waals surface area contributed by atoms with Crippen molar-refractivity contribution in [2.75, 3.05) is 74.8 Å². The molecule has 17 atom stereocenters. The van der Waals surface area contributed by atoms with Gasteiger partial charge in [0.2, 0.25) is 16.8 Å². The number of aliphatic hydroxyl groups excluding tert-OH is 5. The Bertz CT molecular complexity index is 6170. The standard InChI is InChI=1S/C26H33N5O4.C24H30ClN5O2.C17H25N5O11P2.C17H23N5O6.C6H15N.CH2Cl4O2P2/c1-4-20-16(2)21(34-15-17-10-6-5-7-11-17)22(35-20)19-14-27-25-23(28-18-12-8-9-13-18)29-24(26(32)33-3)30-31(19)25;1-3-19-15(2)20(31-14-16-9-5-4-6-10-16)21(32-19)18-13-26-23-22(27-17-11-7-8-12-17)28-24(25)29-30(18)23;18-14(25)15-20-17(32-8-3-1-2-4-8)16-19-5-9(22(16)21-15)13-12(24)11(23)10(33-13)6-31-35(29,30)7-34(26,27)28;1-27-17(26)15-20-14(19-8-4-2-3-5-8)16-18-6-9(22(16)21-15)13-12(25)11(24)10(7-23)28-13;1-4-7(5-2)6-3;2-8(3,6)1-9(4,5)7/h5-7,10-11,14,16,18,20-22H,4,8-9,12-13,15H2,1-3H3,(H,28,29,30);4-6,9-10,13,15,17,19-21H,3,7-8,11-12,14H2,1-2H3,(H,27,28,29);5,8,10-13,23-24H,1-4,6-7H2,(H2,18,25)(H,29,30)(H2,26,27,28);6,8,10-13,23-25H,2-5,7H2,1H3,(H,19,20,21);4-6H2,1-3H3;1H2/t16-,20-,21?,22+;15-,19-,20?,21+;2*10-,11-,12-,13+;;/m1111../s1. The quantitative estimate of drug-likeness (QED) is 0.0132. The molecule has 8 fully saturated rings. The van der Waals surface area contributed by atoms with Crippen molar-refractivity contribution in [2.45, 2.75) is 287 Å². The van der Waals surface area contributed by atoms with Crippen molar-refractivity contribution in [2.24, 2.45) is 17.6 Å². The number of anilines is 3. The molecule has 4 aliphatic carbocycles. The van der Waals surface area contributed by atoms with E-state index >= 15 is 0 Å². The average Bonchev–Trinajstić information content (AvgIpc) is 1.60. The number of nitrogens with two attached hydrogens (primary N) is 1. The van der Waals surface area contributed by atoms with Crippen molar-refractivity contribution in [3.05, 3.63) is 142 Å². The van der Waals surface area contributed by atoms with Gasteiger partial charge in [0.25, 0.3) is 35.1 Å². The van der Waals surface area contributed by atoms with E-state index in [9.17, 15) is 63.1 Å². The van der Waals surface area contributed by atoms with E-state index in [1.54, 1.807) is 15.2 Å². The Morgan fingerprint density at radius 2 is 0.842 bits per heavy atom. The fraction of sp³-hybridized carbons (Fsp3) is 0.615. The van der Waals surface area contributed by atoms with Crippen molar-refractivity contribution in [1.82, 2.24) is 83.2 Å². The van der Waals surface area contributed by atoms with Crippen molar-refractivity contribution in [3.63, 3.8) is 0 Å². The summed E-state index contributed by atoms with van der Waals surface area (Å²) >= 11 is 26.3. The maximum Gasteiger partial charge on any atom is 0.377 e. The van der Waals surface area contributed by atoms with E-state index in [-0.39, 0.29) is 101 Å². The second-order valence-electron chi connectivity index (χ2n) is 36.7. The summed E-state index contributed by atoms with van der Waals surface area (Å²) in [5, 5.41) is 78.3. The van der Waals surface area contributed by atoms with Gasteiger partial charge in [-0.2, -0.15) is 19.9 Å². The molecular formula is C91H128Cl5N21O25P4. The van der Waals surface area contributed by atoms with E-state index in [0.29, 0.717) is 65.4 Å². The molecule has 0 radical (unpaired) electrons. The summed E-state index contributed by atoms with van der Waals surface area (Å²) in [6, 6.07) is 21.3. The van der Waals surface area contributed by atoms with E-state index in [1.807, 2.05) is 42.6 Å². The molecule has 0 spiro atoms. The fourth-order valence-corrected chi connectivity index (χ4v) is 30.5. The second kappa shape index (κ2) is 52.3. The average molecular weight is 2220 g/mol. The number of esters is 2. The number of imidazole rings is 4. The zero-order valence-electron chi connectivity index (χ0n) is 82.1. The van der Waals surface area contributed by atoms with Crippen LogP contribution in [0.5, 0.6) is 5.88 Å². The lowest BCUT2D eigenvalue weighted by molar-refractivity contribution is -0.0362. The summed E-state index contributed by atoms with van der Waals surface area (Å²) in [5.41, 5.74) is 11.3. The lowest BCUT2D eigenvalue weighted by Crippen LogP contribution is -2.33. The molecule has 46 nitrogen and oxygen atoms in total. The van der Waals surface area contributed by atoms with Crippen LogP contribution >= 0.6 is 83.5 Å². The summed E-state index contributed by atoms with van der Waals surface area (Å²) in [7, 11) is -7.00. The van der Waals surface area contributed by atoms with Gasteiger partial charge in [-0.15, -0.1) is 20.4 Å².